The van der Waals surface area contributed by atoms with Gasteiger partial charge in [0.05, 0.1) is 26.2 Å². The van der Waals surface area contributed by atoms with Crippen LogP contribution in [0.15, 0.2) is 42.5 Å². The number of aryl methyl sites for hydroxylation is 2. The van der Waals surface area contributed by atoms with E-state index in [2.05, 4.69) is 56.0 Å². The highest BCUT2D eigenvalue weighted by Gasteiger charge is 2.25. The van der Waals surface area contributed by atoms with Crippen molar-refractivity contribution in [1.82, 2.24) is 0 Å². The maximum atomic E-state index is 10.8. The minimum atomic E-state index is 0.531. The Morgan fingerprint density at radius 2 is 1.67 bits per heavy atom. The number of hydrogen-bond donors (Lipinski definition) is 1. The number of carbonyl (C=O) groups is 1. The van der Waals surface area contributed by atoms with E-state index in [9.17, 15) is 4.79 Å². The van der Waals surface area contributed by atoms with Crippen LogP contribution in [0.25, 0.3) is 0 Å². The fourth-order valence-electron chi connectivity index (χ4n) is 3.52. The van der Waals surface area contributed by atoms with Gasteiger partial charge in [-0.3, -0.25) is 4.79 Å². The van der Waals surface area contributed by atoms with Crippen LogP contribution in [-0.2, 0) is 0 Å². The van der Waals surface area contributed by atoms with E-state index in [1.165, 1.54) is 22.4 Å². The molecule has 0 aliphatic carbocycles. The first kappa shape index (κ1) is 16.7. The highest BCUT2D eigenvalue weighted by Crippen LogP contribution is 2.17. The molecule has 0 radical (unpaired) electrons. The predicted molar refractivity (Wildman–Crippen MR) is 99.1 cm³/mol. The van der Waals surface area contributed by atoms with E-state index < -0.39 is 0 Å². The summed E-state index contributed by atoms with van der Waals surface area (Å²) in [4.78, 5) is 14.8. The van der Waals surface area contributed by atoms with Crippen molar-refractivity contribution in [2.45, 2.75) is 26.8 Å². The molecule has 0 saturated carbocycles. The Balaban J connectivity index is 1.63. The van der Waals surface area contributed by atoms with E-state index in [-0.39, 0.29) is 0 Å². The summed E-state index contributed by atoms with van der Waals surface area (Å²) in [5.74, 6) is 0. The summed E-state index contributed by atoms with van der Waals surface area (Å²) >= 11 is 0. The van der Waals surface area contributed by atoms with Gasteiger partial charge >= 0.3 is 0 Å². The summed E-state index contributed by atoms with van der Waals surface area (Å²) in [7, 11) is 0. The Kier molecular flexibility index (Phi) is 5.00. The number of rotatable bonds is 4. The van der Waals surface area contributed by atoms with Crippen LogP contribution in [-0.4, -0.2) is 32.5 Å². The molecule has 1 heterocycles. The Hall–Kier alpha value is -2.13. The lowest BCUT2D eigenvalue weighted by molar-refractivity contribution is -0.930. The van der Waals surface area contributed by atoms with Gasteiger partial charge in [0.25, 0.3) is 0 Å². The lowest BCUT2D eigenvalue weighted by atomic mass is 10.0. The molecule has 0 aromatic heterocycles. The number of nitrogens with one attached hydrogen (secondary N) is 1. The normalized spacial score (nSPS) is 16.9. The molecule has 0 spiro atoms. The predicted octanol–water partition coefficient (Wildman–Crippen LogP) is 2.58. The second-order valence-corrected chi connectivity index (χ2v) is 6.92. The fourth-order valence-corrected chi connectivity index (χ4v) is 3.52. The summed E-state index contributed by atoms with van der Waals surface area (Å²) in [5, 5.41) is 0. The molecule has 3 nitrogen and oxygen atoms in total. The van der Waals surface area contributed by atoms with E-state index >= 15 is 0 Å². The number of nitrogens with zero attached hydrogens (tertiary/aromatic N) is 1. The quantitative estimate of drug-likeness (QED) is 0.875. The van der Waals surface area contributed by atoms with E-state index in [0.717, 1.165) is 38.0 Å². The summed E-state index contributed by atoms with van der Waals surface area (Å²) in [6, 6.07) is 15.3. The molecule has 0 unspecified atom stereocenters. The third-order valence-electron chi connectivity index (χ3n) is 5.44. The molecule has 1 N–H and O–H groups in total. The largest absolute Gasteiger partial charge is 0.360 e. The molecule has 1 aliphatic heterocycles. The summed E-state index contributed by atoms with van der Waals surface area (Å²) in [5.41, 5.74) is 6.15. The molecular weight excluding hydrogens is 296 g/mol. The van der Waals surface area contributed by atoms with Crippen molar-refractivity contribution in [3.8, 4) is 0 Å². The summed E-state index contributed by atoms with van der Waals surface area (Å²) < 4.78 is 0. The molecule has 1 saturated heterocycles. The van der Waals surface area contributed by atoms with Gasteiger partial charge in [-0.1, -0.05) is 12.1 Å². The standard InChI is InChI=1S/C21H26N2O/c1-16-4-7-20(14-17(16)2)18(3)22-10-12-23(13-11-22)21-8-5-19(15-24)6-9-21/h4-9,14-15,18H,10-13H2,1-3H3/p+1/t18-/m0/s1. The van der Waals surface area contributed by atoms with Gasteiger partial charge in [0.2, 0.25) is 0 Å². The van der Waals surface area contributed by atoms with Crippen molar-refractivity contribution in [3.05, 3.63) is 64.7 Å². The fraction of sp³-hybridized carbons (Fsp3) is 0.381. The van der Waals surface area contributed by atoms with Gasteiger partial charge in [-0.15, -0.1) is 0 Å². The lowest BCUT2D eigenvalue weighted by Gasteiger charge is -2.36. The second kappa shape index (κ2) is 7.18. The highest BCUT2D eigenvalue weighted by molar-refractivity contribution is 5.75. The zero-order valence-corrected chi connectivity index (χ0v) is 14.9. The first-order valence-electron chi connectivity index (χ1n) is 8.80. The van der Waals surface area contributed by atoms with Crippen molar-refractivity contribution in [2.75, 3.05) is 31.1 Å². The molecule has 2 aromatic rings. The Labute approximate surface area is 144 Å². The molecular formula is C21H27N2O+. The van der Waals surface area contributed by atoms with Crippen molar-refractivity contribution >= 4 is 12.0 Å². The van der Waals surface area contributed by atoms with Gasteiger partial charge in [-0.05, 0) is 62.2 Å². The number of carbonyl (C=O) groups excluding carboxylic acids is 1. The van der Waals surface area contributed by atoms with Gasteiger partial charge in [0, 0.05) is 16.8 Å². The number of benzene rings is 2. The van der Waals surface area contributed by atoms with Crippen LogP contribution in [0.5, 0.6) is 0 Å². The number of piperazine rings is 1. The minimum absolute atomic E-state index is 0.531. The van der Waals surface area contributed by atoms with E-state index in [1.807, 2.05) is 12.1 Å². The minimum Gasteiger partial charge on any atom is -0.360 e. The third kappa shape index (κ3) is 3.51. The molecule has 0 bridgehead atoms. The van der Waals surface area contributed by atoms with Gasteiger partial charge in [0.1, 0.15) is 12.3 Å². The average Bonchev–Trinajstić information content (AvgIpc) is 2.63. The maximum absolute atomic E-state index is 10.8. The summed E-state index contributed by atoms with van der Waals surface area (Å²) in [6.45, 7) is 11.1. The van der Waals surface area contributed by atoms with Crippen LogP contribution in [0.4, 0.5) is 5.69 Å². The SMILES string of the molecule is Cc1ccc([C@H](C)[NH+]2CCN(c3ccc(C=O)cc3)CC2)cc1C. The Morgan fingerprint density at radius 3 is 2.25 bits per heavy atom. The molecule has 3 rings (SSSR count). The maximum Gasteiger partial charge on any atom is 0.150 e. The number of hydrogen-bond acceptors (Lipinski definition) is 2. The molecule has 24 heavy (non-hydrogen) atoms. The first-order valence-corrected chi connectivity index (χ1v) is 8.80. The molecule has 2 aromatic carbocycles. The number of aldehydes is 1. The zero-order valence-electron chi connectivity index (χ0n) is 14.9. The van der Waals surface area contributed by atoms with Crippen molar-refractivity contribution in [3.63, 3.8) is 0 Å². The highest BCUT2D eigenvalue weighted by atomic mass is 16.1. The number of anilines is 1. The van der Waals surface area contributed by atoms with Gasteiger partial charge in [-0.25, -0.2) is 0 Å². The third-order valence-corrected chi connectivity index (χ3v) is 5.44. The molecule has 1 atom stereocenters. The number of quaternary nitrogens is 1. The summed E-state index contributed by atoms with van der Waals surface area (Å²) in [6.07, 6.45) is 0.900. The van der Waals surface area contributed by atoms with Crippen LogP contribution >= 0.6 is 0 Å². The smallest absolute Gasteiger partial charge is 0.150 e. The molecule has 0 amide bonds. The van der Waals surface area contributed by atoms with Gasteiger partial charge in [0.15, 0.2) is 0 Å². The van der Waals surface area contributed by atoms with Gasteiger partial charge in [-0.2, -0.15) is 0 Å². The van der Waals surface area contributed by atoms with Crippen molar-refractivity contribution < 1.29 is 9.69 Å². The molecule has 126 valence electrons. The van der Waals surface area contributed by atoms with Crippen LogP contribution < -0.4 is 9.80 Å². The molecule has 1 fully saturated rings. The van der Waals surface area contributed by atoms with Crippen LogP contribution in [0, 0.1) is 13.8 Å². The first-order chi connectivity index (χ1) is 11.6. The Morgan fingerprint density at radius 1 is 1.00 bits per heavy atom. The van der Waals surface area contributed by atoms with E-state index in [1.54, 1.807) is 4.90 Å². The Bertz CT molecular complexity index is 700. The molecule has 3 heteroatoms. The lowest BCUT2D eigenvalue weighted by Crippen LogP contribution is -3.14. The van der Waals surface area contributed by atoms with Gasteiger partial charge < -0.3 is 9.80 Å². The van der Waals surface area contributed by atoms with Crippen molar-refractivity contribution in [2.24, 2.45) is 0 Å². The van der Waals surface area contributed by atoms with Crippen molar-refractivity contribution in [1.29, 1.82) is 0 Å². The monoisotopic (exact) mass is 323 g/mol. The topological polar surface area (TPSA) is 24.8 Å². The zero-order chi connectivity index (χ0) is 17.1. The van der Waals surface area contributed by atoms with E-state index in [4.69, 9.17) is 0 Å². The van der Waals surface area contributed by atoms with Crippen LogP contribution in [0.1, 0.15) is 40.0 Å². The van der Waals surface area contributed by atoms with Crippen LogP contribution in [0.2, 0.25) is 0 Å². The molecule has 1 aliphatic rings. The second-order valence-electron chi connectivity index (χ2n) is 6.92. The van der Waals surface area contributed by atoms with Crippen LogP contribution in [0.3, 0.4) is 0 Å². The average molecular weight is 323 g/mol. The van der Waals surface area contributed by atoms with E-state index in [0.29, 0.717) is 6.04 Å².